The standard InChI is InChI=1S/C37H22N6/c38-22-25-10-8-18-35(42-30-14-3-1-12-27(30)28-23-39-20-19-31(28)42)36(25)24-9-7-11-26(21-24)41-33-16-5-6-17-34(33)43-32-15-4-2-13-29(32)40-37(41)43/h1-21,23H. The molecule has 4 heterocycles. The Morgan fingerprint density at radius 3 is 2.23 bits per heavy atom. The van der Waals surface area contributed by atoms with Crippen LogP contribution in [0.15, 0.2) is 134 Å². The molecule has 4 aromatic heterocycles. The number of imidazole rings is 2. The summed E-state index contributed by atoms with van der Waals surface area (Å²) in [7, 11) is 0. The quantitative estimate of drug-likeness (QED) is 0.222. The predicted molar refractivity (Wildman–Crippen MR) is 172 cm³/mol. The molecule has 0 spiro atoms. The van der Waals surface area contributed by atoms with Crippen LogP contribution in [0.1, 0.15) is 5.56 Å². The zero-order chi connectivity index (χ0) is 28.5. The van der Waals surface area contributed by atoms with E-state index >= 15 is 0 Å². The summed E-state index contributed by atoms with van der Waals surface area (Å²) in [5.41, 5.74) is 10.7. The maximum Gasteiger partial charge on any atom is 0.220 e. The molecule has 6 nitrogen and oxygen atoms in total. The van der Waals surface area contributed by atoms with Crippen LogP contribution in [-0.2, 0) is 0 Å². The van der Waals surface area contributed by atoms with E-state index in [1.54, 1.807) is 0 Å². The summed E-state index contributed by atoms with van der Waals surface area (Å²) in [6.07, 6.45) is 3.74. The topological polar surface area (TPSA) is 63.8 Å². The van der Waals surface area contributed by atoms with Crippen LogP contribution in [0, 0.1) is 11.3 Å². The SMILES string of the molecule is N#Cc1cccc(-n2c3ccccc3c3cnccc32)c1-c1cccc(-n2c3ccccc3n3c4ccccc4nc23)c1. The number of benzene rings is 5. The van der Waals surface area contributed by atoms with E-state index in [1.165, 1.54) is 0 Å². The van der Waals surface area contributed by atoms with Gasteiger partial charge in [0.05, 0.1) is 50.4 Å². The molecule has 0 saturated carbocycles. The number of aromatic nitrogens is 5. The first-order valence-electron chi connectivity index (χ1n) is 14.2. The molecule has 9 aromatic rings. The first-order valence-corrected chi connectivity index (χ1v) is 14.2. The average Bonchev–Trinajstić information content (AvgIpc) is 3.71. The third kappa shape index (κ3) is 3.27. The van der Waals surface area contributed by atoms with E-state index in [-0.39, 0.29) is 0 Å². The first-order chi connectivity index (χ1) is 21.3. The molecule has 0 radical (unpaired) electrons. The molecule has 9 rings (SSSR count). The van der Waals surface area contributed by atoms with Crippen molar-refractivity contribution in [1.82, 2.24) is 23.5 Å². The summed E-state index contributed by atoms with van der Waals surface area (Å²) >= 11 is 0. The van der Waals surface area contributed by atoms with Crippen molar-refractivity contribution >= 4 is 49.7 Å². The summed E-state index contributed by atoms with van der Waals surface area (Å²) in [6, 6.07) is 43.9. The lowest BCUT2D eigenvalue weighted by Gasteiger charge is -2.16. The van der Waals surface area contributed by atoms with Crippen molar-refractivity contribution < 1.29 is 0 Å². The van der Waals surface area contributed by atoms with Crippen molar-refractivity contribution in [3.05, 3.63) is 139 Å². The van der Waals surface area contributed by atoms with Gasteiger partial charge in [0.25, 0.3) is 0 Å². The number of fused-ring (bicyclic) bond motifs is 8. The van der Waals surface area contributed by atoms with Crippen molar-refractivity contribution in [2.45, 2.75) is 0 Å². The Labute approximate surface area is 245 Å². The lowest BCUT2D eigenvalue weighted by molar-refractivity contribution is 1.11. The Morgan fingerprint density at radius 2 is 1.35 bits per heavy atom. The van der Waals surface area contributed by atoms with Crippen LogP contribution < -0.4 is 0 Å². The van der Waals surface area contributed by atoms with Crippen LogP contribution in [-0.4, -0.2) is 23.5 Å². The van der Waals surface area contributed by atoms with Crippen LogP contribution in [0.25, 0.3) is 72.2 Å². The summed E-state index contributed by atoms with van der Waals surface area (Å²) in [5.74, 6) is 0.850. The van der Waals surface area contributed by atoms with E-state index in [0.717, 1.165) is 72.2 Å². The maximum absolute atomic E-state index is 10.4. The number of nitrogens with zero attached hydrogens (tertiary/aromatic N) is 6. The minimum Gasteiger partial charge on any atom is -0.308 e. The Bertz CT molecular complexity index is 2540. The van der Waals surface area contributed by atoms with Gasteiger partial charge in [-0.3, -0.25) is 14.0 Å². The van der Waals surface area contributed by atoms with Gasteiger partial charge in [-0.1, -0.05) is 60.7 Å². The Hall–Kier alpha value is -6.19. The van der Waals surface area contributed by atoms with Crippen LogP contribution in [0.5, 0.6) is 0 Å². The summed E-state index contributed by atoms with van der Waals surface area (Å²) in [6.45, 7) is 0. The molecule has 0 aliphatic heterocycles. The van der Waals surface area contributed by atoms with Crippen LogP contribution in [0.2, 0.25) is 0 Å². The van der Waals surface area contributed by atoms with Crippen molar-refractivity contribution in [2.75, 3.05) is 0 Å². The zero-order valence-corrected chi connectivity index (χ0v) is 22.9. The second-order valence-corrected chi connectivity index (χ2v) is 10.7. The Balaban J connectivity index is 1.34. The van der Waals surface area contributed by atoms with Gasteiger partial charge in [-0.25, -0.2) is 4.98 Å². The fourth-order valence-electron chi connectivity index (χ4n) is 6.60. The van der Waals surface area contributed by atoms with Crippen LogP contribution >= 0.6 is 0 Å². The molecule has 0 fully saturated rings. The minimum absolute atomic E-state index is 0.615. The van der Waals surface area contributed by atoms with Crippen LogP contribution in [0.4, 0.5) is 0 Å². The number of rotatable bonds is 3. The summed E-state index contributed by atoms with van der Waals surface area (Å²) in [4.78, 5) is 9.47. The van der Waals surface area contributed by atoms with Gasteiger partial charge in [-0.05, 0) is 66.2 Å². The van der Waals surface area contributed by atoms with E-state index < -0.39 is 0 Å². The summed E-state index contributed by atoms with van der Waals surface area (Å²) < 4.78 is 6.68. The third-order valence-electron chi connectivity index (χ3n) is 8.38. The second kappa shape index (κ2) is 8.90. The van der Waals surface area contributed by atoms with Crippen LogP contribution in [0.3, 0.4) is 0 Å². The zero-order valence-electron chi connectivity index (χ0n) is 22.9. The molecule has 0 bridgehead atoms. The van der Waals surface area contributed by atoms with E-state index in [2.05, 4.69) is 116 Å². The normalized spacial score (nSPS) is 11.7. The molecule has 0 aliphatic rings. The molecule has 0 N–H and O–H groups in total. The number of hydrogen-bond donors (Lipinski definition) is 0. The molecule has 0 amide bonds. The second-order valence-electron chi connectivity index (χ2n) is 10.7. The van der Waals surface area contributed by atoms with E-state index in [0.29, 0.717) is 5.56 Å². The largest absolute Gasteiger partial charge is 0.308 e. The molecule has 0 unspecified atom stereocenters. The van der Waals surface area contributed by atoms with E-state index in [1.807, 2.05) is 42.7 Å². The van der Waals surface area contributed by atoms with Gasteiger partial charge in [0, 0.05) is 34.4 Å². The Kier molecular flexibility index (Phi) is 4.87. The molecule has 6 heteroatoms. The Morgan fingerprint density at radius 1 is 0.605 bits per heavy atom. The molecule has 5 aromatic carbocycles. The van der Waals surface area contributed by atoms with Crippen molar-refractivity contribution in [3.63, 3.8) is 0 Å². The van der Waals surface area contributed by atoms with Gasteiger partial charge in [-0.15, -0.1) is 0 Å². The lowest BCUT2D eigenvalue weighted by atomic mass is 9.97. The van der Waals surface area contributed by atoms with Gasteiger partial charge < -0.3 is 4.57 Å². The predicted octanol–water partition coefficient (Wildman–Crippen LogP) is 8.46. The monoisotopic (exact) mass is 550 g/mol. The van der Waals surface area contributed by atoms with Gasteiger partial charge in [0.2, 0.25) is 5.78 Å². The van der Waals surface area contributed by atoms with E-state index in [9.17, 15) is 5.26 Å². The highest BCUT2D eigenvalue weighted by Gasteiger charge is 2.20. The van der Waals surface area contributed by atoms with E-state index in [4.69, 9.17) is 4.98 Å². The van der Waals surface area contributed by atoms with Crippen molar-refractivity contribution in [2.24, 2.45) is 0 Å². The number of para-hydroxylation sites is 5. The molecule has 0 aliphatic carbocycles. The number of hydrogen-bond acceptors (Lipinski definition) is 3. The first kappa shape index (κ1) is 23.5. The van der Waals surface area contributed by atoms with Crippen molar-refractivity contribution in [3.8, 4) is 28.6 Å². The molecule has 43 heavy (non-hydrogen) atoms. The average molecular weight is 551 g/mol. The third-order valence-corrected chi connectivity index (χ3v) is 8.38. The highest BCUT2D eigenvalue weighted by molar-refractivity contribution is 6.09. The molecular weight excluding hydrogens is 528 g/mol. The highest BCUT2D eigenvalue weighted by atomic mass is 15.2. The van der Waals surface area contributed by atoms with Crippen molar-refractivity contribution in [1.29, 1.82) is 5.26 Å². The molecular formula is C37H22N6. The molecule has 0 atom stereocenters. The molecule has 200 valence electrons. The highest BCUT2D eigenvalue weighted by Crippen LogP contribution is 2.38. The minimum atomic E-state index is 0.615. The molecule has 0 saturated heterocycles. The smallest absolute Gasteiger partial charge is 0.220 e. The maximum atomic E-state index is 10.4. The lowest BCUT2D eigenvalue weighted by Crippen LogP contribution is -2.01. The fraction of sp³-hybridized carbons (Fsp3) is 0. The number of nitriles is 1. The van der Waals surface area contributed by atoms with Gasteiger partial charge in [0.1, 0.15) is 0 Å². The summed E-state index contributed by atoms with van der Waals surface area (Å²) in [5, 5.41) is 12.6. The van der Waals surface area contributed by atoms with Gasteiger partial charge in [0.15, 0.2) is 0 Å². The van der Waals surface area contributed by atoms with Gasteiger partial charge in [-0.2, -0.15) is 5.26 Å². The fourth-order valence-corrected chi connectivity index (χ4v) is 6.60. The number of pyridine rings is 1. The van der Waals surface area contributed by atoms with Gasteiger partial charge >= 0.3 is 0 Å².